The molecule has 3 aromatic rings. The Labute approximate surface area is 158 Å². The Kier molecular flexibility index (Phi) is 5.05. The molecule has 1 saturated heterocycles. The largest absolute Gasteiger partial charge is 0.467 e. The van der Waals surface area contributed by atoms with Crippen LogP contribution < -0.4 is 15.1 Å². The first-order valence-corrected chi connectivity index (χ1v) is 9.11. The molecule has 1 amide bonds. The first-order chi connectivity index (χ1) is 13.3. The molecule has 0 radical (unpaired) electrons. The number of nitrogens with zero attached hydrogens (tertiary/aromatic N) is 3. The van der Waals surface area contributed by atoms with Crippen LogP contribution in [0.2, 0.25) is 0 Å². The number of rotatable bonds is 5. The molecule has 1 aromatic carbocycles. The third-order valence-electron chi connectivity index (χ3n) is 4.75. The quantitative estimate of drug-likeness (QED) is 0.756. The Balaban J connectivity index is 1.37. The number of hydrogen-bond acceptors (Lipinski definition) is 5. The monoisotopic (exact) mass is 362 g/mol. The highest BCUT2D eigenvalue weighted by atomic mass is 16.3. The Morgan fingerprint density at radius 2 is 1.70 bits per heavy atom. The van der Waals surface area contributed by atoms with Crippen molar-refractivity contribution in [2.24, 2.45) is 0 Å². The van der Waals surface area contributed by atoms with Gasteiger partial charge in [-0.25, -0.2) is 0 Å². The minimum atomic E-state index is -0.198. The molecule has 0 unspecified atom stereocenters. The van der Waals surface area contributed by atoms with E-state index in [0.29, 0.717) is 12.2 Å². The zero-order valence-electron chi connectivity index (χ0n) is 15.0. The first-order valence-electron chi connectivity index (χ1n) is 9.11. The Hall–Kier alpha value is -3.28. The lowest BCUT2D eigenvalue weighted by Crippen LogP contribution is -2.46. The van der Waals surface area contributed by atoms with E-state index in [0.717, 1.165) is 37.6 Å². The molecule has 1 fully saturated rings. The first kappa shape index (κ1) is 17.1. The van der Waals surface area contributed by atoms with Crippen molar-refractivity contribution in [3.05, 3.63) is 78.5 Å². The smallest absolute Gasteiger partial charge is 0.270 e. The predicted molar refractivity (Wildman–Crippen MR) is 105 cm³/mol. The zero-order chi connectivity index (χ0) is 18.5. The molecule has 0 atom stereocenters. The molecule has 4 rings (SSSR count). The maximum absolute atomic E-state index is 12.4. The second kappa shape index (κ2) is 7.95. The average molecular weight is 362 g/mol. The highest BCUT2D eigenvalue weighted by Gasteiger charge is 2.18. The maximum atomic E-state index is 12.4. The fourth-order valence-electron chi connectivity index (χ4n) is 3.27. The Morgan fingerprint density at radius 1 is 0.963 bits per heavy atom. The van der Waals surface area contributed by atoms with E-state index in [-0.39, 0.29) is 5.91 Å². The summed E-state index contributed by atoms with van der Waals surface area (Å²) in [5, 5.41) is 2.84. The third-order valence-corrected chi connectivity index (χ3v) is 4.75. The normalized spacial score (nSPS) is 14.2. The van der Waals surface area contributed by atoms with Crippen molar-refractivity contribution in [2.75, 3.05) is 36.0 Å². The average Bonchev–Trinajstić information content (AvgIpc) is 3.27. The number of para-hydroxylation sites is 1. The van der Waals surface area contributed by atoms with Crippen molar-refractivity contribution in [2.45, 2.75) is 6.54 Å². The summed E-state index contributed by atoms with van der Waals surface area (Å²) in [5.41, 5.74) is 2.70. The zero-order valence-corrected chi connectivity index (χ0v) is 15.0. The van der Waals surface area contributed by atoms with Gasteiger partial charge in [0.25, 0.3) is 5.91 Å². The molecule has 0 bridgehead atoms. The van der Waals surface area contributed by atoms with Crippen molar-refractivity contribution >= 4 is 17.3 Å². The number of pyridine rings is 1. The van der Waals surface area contributed by atoms with Gasteiger partial charge in [-0.1, -0.05) is 18.2 Å². The van der Waals surface area contributed by atoms with Crippen LogP contribution in [-0.2, 0) is 6.54 Å². The summed E-state index contributed by atoms with van der Waals surface area (Å²) >= 11 is 0. The molecule has 0 saturated carbocycles. The van der Waals surface area contributed by atoms with Gasteiger partial charge in [-0.3, -0.25) is 9.78 Å². The van der Waals surface area contributed by atoms with Crippen LogP contribution in [0.3, 0.4) is 0 Å². The molecule has 6 heteroatoms. The number of carbonyl (C=O) groups excluding carboxylic acids is 1. The molecule has 27 heavy (non-hydrogen) atoms. The van der Waals surface area contributed by atoms with Crippen molar-refractivity contribution in [3.63, 3.8) is 0 Å². The number of piperazine rings is 1. The van der Waals surface area contributed by atoms with Gasteiger partial charge in [0.1, 0.15) is 11.5 Å². The van der Waals surface area contributed by atoms with Crippen molar-refractivity contribution < 1.29 is 9.21 Å². The van der Waals surface area contributed by atoms with Crippen LogP contribution in [0, 0.1) is 0 Å². The van der Waals surface area contributed by atoms with E-state index in [1.165, 1.54) is 5.69 Å². The maximum Gasteiger partial charge on any atom is 0.270 e. The lowest BCUT2D eigenvalue weighted by molar-refractivity contribution is 0.0943. The fourth-order valence-corrected chi connectivity index (χ4v) is 3.27. The summed E-state index contributed by atoms with van der Waals surface area (Å²) in [6, 6.07) is 17.9. The van der Waals surface area contributed by atoms with Gasteiger partial charge in [-0.15, -0.1) is 0 Å². The Bertz CT molecular complexity index is 872. The minimum Gasteiger partial charge on any atom is -0.467 e. The highest BCUT2D eigenvalue weighted by molar-refractivity contribution is 5.93. The lowest BCUT2D eigenvalue weighted by Gasteiger charge is -2.37. The summed E-state index contributed by atoms with van der Waals surface area (Å²) in [6.07, 6.45) is 3.29. The summed E-state index contributed by atoms with van der Waals surface area (Å²) in [4.78, 5) is 21.3. The number of furan rings is 1. The van der Waals surface area contributed by atoms with E-state index in [9.17, 15) is 4.79 Å². The number of aromatic nitrogens is 1. The molecule has 0 aliphatic carbocycles. The topological polar surface area (TPSA) is 61.6 Å². The second-order valence-corrected chi connectivity index (χ2v) is 6.47. The number of hydrogen-bond donors (Lipinski definition) is 1. The van der Waals surface area contributed by atoms with E-state index in [2.05, 4.69) is 44.4 Å². The molecule has 2 aromatic heterocycles. The van der Waals surface area contributed by atoms with Crippen LogP contribution in [0.5, 0.6) is 0 Å². The van der Waals surface area contributed by atoms with E-state index < -0.39 is 0 Å². The van der Waals surface area contributed by atoms with E-state index in [1.807, 2.05) is 24.3 Å². The number of benzene rings is 1. The van der Waals surface area contributed by atoms with Crippen molar-refractivity contribution in [1.82, 2.24) is 10.3 Å². The second-order valence-electron chi connectivity index (χ2n) is 6.47. The summed E-state index contributed by atoms with van der Waals surface area (Å²) in [7, 11) is 0. The third kappa shape index (κ3) is 4.11. The predicted octanol–water partition coefficient (Wildman–Crippen LogP) is 2.93. The number of anilines is 2. The summed E-state index contributed by atoms with van der Waals surface area (Å²) < 4.78 is 5.24. The molecule has 0 spiro atoms. The van der Waals surface area contributed by atoms with Crippen LogP contribution in [0.15, 0.2) is 71.5 Å². The van der Waals surface area contributed by atoms with Crippen LogP contribution in [-0.4, -0.2) is 37.1 Å². The number of nitrogens with one attached hydrogen (secondary N) is 1. The van der Waals surface area contributed by atoms with Crippen LogP contribution >= 0.6 is 0 Å². The van der Waals surface area contributed by atoms with Crippen LogP contribution in [0.4, 0.5) is 11.4 Å². The van der Waals surface area contributed by atoms with E-state index >= 15 is 0 Å². The van der Waals surface area contributed by atoms with Gasteiger partial charge in [0.2, 0.25) is 0 Å². The highest BCUT2D eigenvalue weighted by Crippen LogP contribution is 2.20. The van der Waals surface area contributed by atoms with E-state index in [1.54, 1.807) is 18.5 Å². The molecule has 6 nitrogen and oxygen atoms in total. The number of amides is 1. The van der Waals surface area contributed by atoms with Gasteiger partial charge in [0, 0.05) is 43.8 Å². The van der Waals surface area contributed by atoms with Gasteiger partial charge in [-0.2, -0.15) is 0 Å². The molecular formula is C21H22N4O2. The molecule has 1 aliphatic heterocycles. The van der Waals surface area contributed by atoms with Crippen LogP contribution in [0.1, 0.15) is 16.2 Å². The van der Waals surface area contributed by atoms with Gasteiger partial charge in [0.15, 0.2) is 0 Å². The Morgan fingerprint density at radius 3 is 2.41 bits per heavy atom. The number of carbonyl (C=O) groups is 1. The van der Waals surface area contributed by atoms with Crippen LogP contribution in [0.25, 0.3) is 0 Å². The van der Waals surface area contributed by atoms with Gasteiger partial charge in [0.05, 0.1) is 12.8 Å². The molecule has 3 heterocycles. The van der Waals surface area contributed by atoms with Crippen molar-refractivity contribution in [1.29, 1.82) is 0 Å². The van der Waals surface area contributed by atoms with Gasteiger partial charge >= 0.3 is 0 Å². The molecule has 1 aliphatic rings. The van der Waals surface area contributed by atoms with E-state index in [4.69, 9.17) is 4.42 Å². The van der Waals surface area contributed by atoms with Crippen molar-refractivity contribution in [3.8, 4) is 0 Å². The SMILES string of the molecule is O=C(NCc1ccco1)c1cc(N2CCN(c3ccccc3)CC2)ccn1. The molecule has 138 valence electrons. The standard InChI is InChI=1S/C21H22N4O2/c26-21(23-16-19-7-4-14-27-19)20-15-18(8-9-22-20)25-12-10-24(11-13-25)17-5-2-1-3-6-17/h1-9,14-15H,10-13,16H2,(H,23,26). The fraction of sp³-hybridized carbons (Fsp3) is 0.238. The molecule has 1 N–H and O–H groups in total. The summed E-state index contributed by atoms with van der Waals surface area (Å²) in [6.45, 7) is 4.07. The van der Waals surface area contributed by atoms with Gasteiger partial charge < -0.3 is 19.5 Å². The lowest BCUT2D eigenvalue weighted by atomic mass is 10.2. The van der Waals surface area contributed by atoms with Gasteiger partial charge in [-0.05, 0) is 36.4 Å². The molecular weight excluding hydrogens is 340 g/mol. The minimum absolute atomic E-state index is 0.198. The summed E-state index contributed by atoms with van der Waals surface area (Å²) in [5.74, 6) is 0.521.